The van der Waals surface area contributed by atoms with Crippen LogP contribution in [0.2, 0.25) is 0 Å². The molecule has 0 saturated carbocycles. The first-order chi connectivity index (χ1) is 15.2. The van der Waals surface area contributed by atoms with Gasteiger partial charge in [0, 0.05) is 44.3 Å². The number of benzene rings is 1. The van der Waals surface area contributed by atoms with Crippen molar-refractivity contribution in [2.75, 3.05) is 50.2 Å². The molecule has 166 valence electrons. The van der Waals surface area contributed by atoms with Crippen LogP contribution >= 0.6 is 12.2 Å². The van der Waals surface area contributed by atoms with E-state index in [1.54, 1.807) is 7.11 Å². The summed E-state index contributed by atoms with van der Waals surface area (Å²) < 4.78 is 11.0. The van der Waals surface area contributed by atoms with Crippen molar-refractivity contribution in [3.05, 3.63) is 42.0 Å². The fourth-order valence-corrected chi connectivity index (χ4v) is 4.54. The van der Waals surface area contributed by atoms with Crippen molar-refractivity contribution in [1.29, 1.82) is 0 Å². The van der Waals surface area contributed by atoms with Crippen molar-refractivity contribution in [3.8, 4) is 5.88 Å². The van der Waals surface area contributed by atoms with Gasteiger partial charge in [0.1, 0.15) is 5.82 Å². The van der Waals surface area contributed by atoms with Crippen LogP contribution in [0.4, 0.5) is 11.8 Å². The van der Waals surface area contributed by atoms with E-state index < -0.39 is 0 Å². The van der Waals surface area contributed by atoms with Gasteiger partial charge in [-0.3, -0.25) is 0 Å². The fraction of sp³-hybridized carbons (Fsp3) is 0.522. The largest absolute Gasteiger partial charge is 0.481 e. The Labute approximate surface area is 189 Å². The summed E-state index contributed by atoms with van der Waals surface area (Å²) in [6, 6.07) is 12.5. The Morgan fingerprint density at radius 1 is 1.13 bits per heavy atom. The van der Waals surface area contributed by atoms with Crippen LogP contribution in [-0.2, 0) is 10.2 Å². The molecule has 0 aliphatic carbocycles. The Morgan fingerprint density at radius 3 is 2.58 bits per heavy atom. The molecule has 8 heteroatoms. The number of nitrogens with zero attached hydrogens (tertiary/aromatic N) is 3. The third-order valence-corrected chi connectivity index (χ3v) is 6.47. The predicted molar refractivity (Wildman–Crippen MR) is 127 cm³/mol. The normalized spacial score (nSPS) is 18.3. The first-order valence-corrected chi connectivity index (χ1v) is 11.5. The molecule has 0 unspecified atom stereocenters. The Kier molecular flexibility index (Phi) is 7.19. The highest BCUT2D eigenvalue weighted by molar-refractivity contribution is 7.80. The predicted octanol–water partition coefficient (Wildman–Crippen LogP) is 3.51. The van der Waals surface area contributed by atoms with Gasteiger partial charge in [-0.2, -0.15) is 9.97 Å². The minimum absolute atomic E-state index is 0.000549. The molecule has 2 aromatic rings. The van der Waals surface area contributed by atoms with E-state index >= 15 is 0 Å². The maximum absolute atomic E-state index is 5.63. The van der Waals surface area contributed by atoms with E-state index in [0.29, 0.717) is 16.9 Å². The van der Waals surface area contributed by atoms with Crippen molar-refractivity contribution in [2.24, 2.45) is 0 Å². The summed E-state index contributed by atoms with van der Waals surface area (Å²) in [6.07, 6.45) is 5.55. The zero-order chi connectivity index (χ0) is 21.5. The lowest BCUT2D eigenvalue weighted by Crippen LogP contribution is -2.45. The van der Waals surface area contributed by atoms with Gasteiger partial charge in [-0.15, -0.1) is 0 Å². The second-order valence-electron chi connectivity index (χ2n) is 8.21. The lowest BCUT2D eigenvalue weighted by Gasteiger charge is -2.38. The van der Waals surface area contributed by atoms with Gasteiger partial charge in [0.25, 0.3) is 0 Å². The van der Waals surface area contributed by atoms with Crippen LogP contribution < -0.4 is 20.3 Å². The molecule has 3 heterocycles. The molecular weight excluding hydrogens is 410 g/mol. The van der Waals surface area contributed by atoms with Gasteiger partial charge in [0.05, 0.1) is 7.11 Å². The lowest BCUT2D eigenvalue weighted by molar-refractivity contribution is 0.0515. The van der Waals surface area contributed by atoms with E-state index in [0.717, 1.165) is 51.5 Å². The quantitative estimate of drug-likeness (QED) is 0.660. The van der Waals surface area contributed by atoms with Crippen LogP contribution in [-0.4, -0.2) is 55.0 Å². The SMILES string of the molecule is COc1cc(N2CCCCC2)nc(NC(=S)NCC2(c3ccccc3)CCOCC2)n1. The summed E-state index contributed by atoms with van der Waals surface area (Å²) >= 11 is 5.60. The number of hydrogen-bond acceptors (Lipinski definition) is 6. The van der Waals surface area contributed by atoms with Gasteiger partial charge in [-0.25, -0.2) is 0 Å². The average Bonchev–Trinajstić information content (AvgIpc) is 2.84. The average molecular weight is 442 g/mol. The van der Waals surface area contributed by atoms with E-state index in [2.05, 4.69) is 50.8 Å². The van der Waals surface area contributed by atoms with Crippen molar-refractivity contribution < 1.29 is 9.47 Å². The van der Waals surface area contributed by atoms with Gasteiger partial charge in [0.15, 0.2) is 5.11 Å². The molecule has 31 heavy (non-hydrogen) atoms. The molecule has 2 fully saturated rings. The second kappa shape index (κ2) is 10.2. The van der Waals surface area contributed by atoms with Gasteiger partial charge >= 0.3 is 0 Å². The zero-order valence-corrected chi connectivity index (χ0v) is 18.9. The molecule has 2 saturated heterocycles. The number of hydrogen-bond donors (Lipinski definition) is 2. The molecule has 7 nitrogen and oxygen atoms in total. The third kappa shape index (κ3) is 5.43. The van der Waals surface area contributed by atoms with Crippen molar-refractivity contribution >= 4 is 29.1 Å². The summed E-state index contributed by atoms with van der Waals surface area (Å²) in [5.41, 5.74) is 1.32. The maximum atomic E-state index is 5.63. The Bertz CT molecular complexity index is 868. The van der Waals surface area contributed by atoms with Crippen LogP contribution in [0.1, 0.15) is 37.7 Å². The highest BCUT2D eigenvalue weighted by atomic mass is 32.1. The van der Waals surface area contributed by atoms with Gasteiger partial charge in [-0.05, 0) is 49.9 Å². The van der Waals surface area contributed by atoms with Crippen molar-refractivity contribution in [1.82, 2.24) is 15.3 Å². The molecule has 0 atom stereocenters. The molecule has 2 aliphatic heterocycles. The Balaban J connectivity index is 1.44. The molecule has 0 bridgehead atoms. The van der Waals surface area contributed by atoms with Crippen LogP contribution in [0.3, 0.4) is 0 Å². The van der Waals surface area contributed by atoms with Crippen molar-refractivity contribution in [3.63, 3.8) is 0 Å². The van der Waals surface area contributed by atoms with Crippen LogP contribution in [0.5, 0.6) is 5.88 Å². The summed E-state index contributed by atoms with van der Waals surface area (Å²) in [5, 5.41) is 7.09. The number of ether oxygens (including phenoxy) is 2. The standard InChI is InChI=1S/C23H31N5O2S/c1-29-20-16-19(28-12-6-3-7-13-28)25-21(26-20)27-22(31)24-17-23(10-14-30-15-11-23)18-8-4-2-5-9-18/h2,4-5,8-9,16H,3,6-7,10-15,17H2,1H3,(H2,24,25,26,27,31). The highest BCUT2D eigenvalue weighted by Gasteiger charge is 2.34. The Morgan fingerprint density at radius 2 is 1.87 bits per heavy atom. The number of anilines is 2. The number of methoxy groups -OCH3 is 1. The van der Waals surface area contributed by atoms with Gasteiger partial charge in [0.2, 0.25) is 11.8 Å². The van der Waals surface area contributed by atoms with Crippen molar-refractivity contribution in [2.45, 2.75) is 37.5 Å². The third-order valence-electron chi connectivity index (χ3n) is 6.23. The molecule has 0 spiro atoms. The van der Waals surface area contributed by atoms with E-state index in [1.807, 2.05) is 6.07 Å². The Hall–Kier alpha value is -2.45. The topological polar surface area (TPSA) is 71.5 Å². The van der Waals surface area contributed by atoms with Crippen LogP contribution in [0, 0.1) is 0 Å². The van der Waals surface area contributed by atoms with Gasteiger partial charge in [-0.1, -0.05) is 30.3 Å². The molecule has 0 radical (unpaired) electrons. The fourth-order valence-electron chi connectivity index (χ4n) is 4.37. The summed E-state index contributed by atoms with van der Waals surface area (Å²) in [5.74, 6) is 1.87. The van der Waals surface area contributed by atoms with Crippen LogP contribution in [0.25, 0.3) is 0 Å². The van der Waals surface area contributed by atoms with E-state index in [4.69, 9.17) is 26.7 Å². The van der Waals surface area contributed by atoms with E-state index in [-0.39, 0.29) is 5.41 Å². The molecule has 2 N–H and O–H groups in total. The first-order valence-electron chi connectivity index (χ1n) is 11.0. The molecule has 4 rings (SSSR count). The minimum Gasteiger partial charge on any atom is -0.481 e. The van der Waals surface area contributed by atoms with E-state index in [9.17, 15) is 0 Å². The zero-order valence-electron chi connectivity index (χ0n) is 18.1. The number of rotatable bonds is 6. The first kappa shape index (κ1) is 21.8. The molecular formula is C23H31N5O2S. The lowest BCUT2D eigenvalue weighted by atomic mass is 9.74. The summed E-state index contributed by atoms with van der Waals surface area (Å²) in [6.45, 7) is 4.26. The highest BCUT2D eigenvalue weighted by Crippen LogP contribution is 2.34. The maximum Gasteiger partial charge on any atom is 0.234 e. The molecule has 1 aromatic heterocycles. The number of piperidine rings is 1. The number of thiocarbonyl (C=S) groups is 1. The smallest absolute Gasteiger partial charge is 0.234 e. The monoisotopic (exact) mass is 441 g/mol. The number of aromatic nitrogens is 2. The molecule has 0 amide bonds. The van der Waals surface area contributed by atoms with Crippen LogP contribution in [0.15, 0.2) is 36.4 Å². The van der Waals surface area contributed by atoms with Gasteiger partial charge < -0.3 is 25.0 Å². The molecule has 1 aromatic carbocycles. The minimum atomic E-state index is -0.000549. The number of nitrogens with one attached hydrogen (secondary N) is 2. The second-order valence-corrected chi connectivity index (χ2v) is 8.61. The van der Waals surface area contributed by atoms with E-state index in [1.165, 1.54) is 24.8 Å². The molecule has 2 aliphatic rings. The summed E-state index contributed by atoms with van der Waals surface area (Å²) in [4.78, 5) is 11.4. The summed E-state index contributed by atoms with van der Waals surface area (Å²) in [7, 11) is 1.62.